The van der Waals surface area contributed by atoms with E-state index in [1.807, 2.05) is 31.2 Å². The third-order valence-corrected chi connectivity index (χ3v) is 4.47. The van der Waals surface area contributed by atoms with Crippen LogP contribution in [0.5, 0.6) is 0 Å². The maximum Gasteiger partial charge on any atom is 0.187 e. The molecule has 7 nitrogen and oxygen atoms in total. The van der Waals surface area contributed by atoms with Crippen LogP contribution in [-0.2, 0) is 4.74 Å². The maximum absolute atomic E-state index is 10.8. The molecule has 1 saturated heterocycles. The third kappa shape index (κ3) is 5.15. The average molecular weight is 386 g/mol. The Morgan fingerprint density at radius 2 is 2.07 bits per heavy atom. The van der Waals surface area contributed by atoms with Gasteiger partial charge in [-0.25, -0.2) is 0 Å². The molecule has 1 aliphatic rings. The lowest BCUT2D eigenvalue weighted by atomic mass is 10.1. The van der Waals surface area contributed by atoms with Gasteiger partial charge in [-0.05, 0) is 49.7 Å². The van der Waals surface area contributed by atoms with E-state index in [9.17, 15) is 9.90 Å². The number of carbonyl (C=O) groups is 1. The zero-order valence-electron chi connectivity index (χ0n) is 14.9. The second kappa shape index (κ2) is 8.79. The second-order valence-electron chi connectivity index (χ2n) is 6.18. The van der Waals surface area contributed by atoms with Gasteiger partial charge in [0.2, 0.25) is 0 Å². The topological polar surface area (TPSA) is 98.9 Å². The Morgan fingerprint density at radius 3 is 2.70 bits per heavy atom. The summed E-state index contributed by atoms with van der Waals surface area (Å²) in [5.74, 6) is -1.07. The van der Waals surface area contributed by atoms with Crippen molar-refractivity contribution < 1.29 is 19.1 Å². The van der Waals surface area contributed by atoms with E-state index >= 15 is 0 Å². The monoisotopic (exact) mass is 386 g/mol. The van der Waals surface area contributed by atoms with Gasteiger partial charge in [0.15, 0.2) is 5.11 Å². The lowest BCUT2D eigenvalue weighted by Gasteiger charge is -2.12. The number of rotatable bonds is 6. The molecule has 0 unspecified atom stereocenters. The molecule has 0 saturated carbocycles. The van der Waals surface area contributed by atoms with Gasteiger partial charge in [-0.15, -0.1) is 0 Å². The highest BCUT2D eigenvalue weighted by atomic mass is 32.1. The van der Waals surface area contributed by atoms with Crippen LogP contribution in [0.4, 0.5) is 0 Å². The molecule has 0 amide bonds. The SMILES string of the molecule is C/C(=N/NC(=S)NC[C@H]1CCCO1)c1ccc(-c2ccc(C(=O)[O-])o2)cc1. The van der Waals surface area contributed by atoms with Crippen molar-refractivity contribution in [2.45, 2.75) is 25.9 Å². The largest absolute Gasteiger partial charge is 0.542 e. The molecule has 0 spiro atoms. The molecule has 3 rings (SSSR count). The molecule has 1 aromatic carbocycles. The number of carboxylic acid groups (broad SMARTS) is 1. The van der Waals surface area contributed by atoms with E-state index in [1.165, 1.54) is 6.07 Å². The first kappa shape index (κ1) is 19.1. The standard InChI is InChI=1S/C19H21N3O4S/c1-12(21-22-19(27)20-11-15-3-2-10-25-15)13-4-6-14(7-5-13)16-8-9-17(26-16)18(23)24/h4-9,15H,2-3,10-11H2,1H3,(H,23,24)(H2,20,22,27)/p-1/b21-12-/t15-/m1/s1. The lowest BCUT2D eigenvalue weighted by Crippen LogP contribution is -2.37. The fraction of sp³-hybridized carbons (Fsp3) is 0.316. The summed E-state index contributed by atoms with van der Waals surface area (Å²) in [5.41, 5.74) is 5.26. The summed E-state index contributed by atoms with van der Waals surface area (Å²) >= 11 is 5.21. The summed E-state index contributed by atoms with van der Waals surface area (Å²) in [6, 6.07) is 10.4. The van der Waals surface area contributed by atoms with Crippen LogP contribution in [0.1, 0.15) is 35.9 Å². The van der Waals surface area contributed by atoms with Crippen LogP contribution in [-0.4, -0.2) is 36.0 Å². The van der Waals surface area contributed by atoms with Gasteiger partial charge in [0.25, 0.3) is 0 Å². The summed E-state index contributed by atoms with van der Waals surface area (Å²) in [5, 5.41) is 18.6. The van der Waals surface area contributed by atoms with Gasteiger partial charge in [0, 0.05) is 18.7 Å². The Balaban J connectivity index is 1.55. The van der Waals surface area contributed by atoms with E-state index in [0.717, 1.165) is 36.3 Å². The molecule has 0 bridgehead atoms. The Kier molecular flexibility index (Phi) is 6.20. The Morgan fingerprint density at radius 1 is 1.30 bits per heavy atom. The molecule has 8 heteroatoms. The van der Waals surface area contributed by atoms with Crippen molar-refractivity contribution in [2.24, 2.45) is 5.10 Å². The van der Waals surface area contributed by atoms with Gasteiger partial charge >= 0.3 is 0 Å². The average Bonchev–Trinajstić information content (AvgIpc) is 3.36. The molecule has 1 aliphatic heterocycles. The van der Waals surface area contributed by atoms with Gasteiger partial charge in [-0.2, -0.15) is 5.10 Å². The summed E-state index contributed by atoms with van der Waals surface area (Å²) in [6.45, 7) is 3.35. The highest BCUT2D eigenvalue weighted by molar-refractivity contribution is 7.80. The van der Waals surface area contributed by atoms with Crippen LogP contribution in [0.3, 0.4) is 0 Å². The number of furan rings is 1. The Bertz CT molecular complexity index is 839. The van der Waals surface area contributed by atoms with E-state index in [-0.39, 0.29) is 11.9 Å². The van der Waals surface area contributed by atoms with E-state index in [4.69, 9.17) is 21.4 Å². The van der Waals surface area contributed by atoms with Crippen molar-refractivity contribution in [1.29, 1.82) is 0 Å². The highest BCUT2D eigenvalue weighted by Crippen LogP contribution is 2.22. The van der Waals surface area contributed by atoms with Gasteiger partial charge in [0.05, 0.1) is 11.8 Å². The number of nitrogens with one attached hydrogen (secondary N) is 2. The molecule has 142 valence electrons. The van der Waals surface area contributed by atoms with Crippen LogP contribution < -0.4 is 15.8 Å². The van der Waals surface area contributed by atoms with Crippen molar-refractivity contribution in [3.8, 4) is 11.3 Å². The first-order valence-electron chi connectivity index (χ1n) is 8.64. The predicted octanol–water partition coefficient (Wildman–Crippen LogP) is 1.68. The molecule has 0 aliphatic carbocycles. The number of aromatic carboxylic acids is 1. The number of hydrogen-bond acceptors (Lipinski definition) is 6. The van der Waals surface area contributed by atoms with Crippen molar-refractivity contribution in [3.63, 3.8) is 0 Å². The smallest absolute Gasteiger partial charge is 0.187 e. The van der Waals surface area contributed by atoms with Gasteiger partial charge in [-0.3, -0.25) is 5.43 Å². The van der Waals surface area contributed by atoms with Crippen molar-refractivity contribution in [1.82, 2.24) is 10.7 Å². The minimum Gasteiger partial charge on any atom is -0.542 e. The Hall–Kier alpha value is -2.71. The fourth-order valence-corrected chi connectivity index (χ4v) is 2.86. The summed E-state index contributed by atoms with van der Waals surface area (Å²) in [4.78, 5) is 10.8. The minimum absolute atomic E-state index is 0.194. The van der Waals surface area contributed by atoms with Crippen LogP contribution in [0.15, 0.2) is 45.9 Å². The first-order chi connectivity index (χ1) is 13.0. The molecule has 0 radical (unpaired) electrons. The third-order valence-electron chi connectivity index (χ3n) is 4.23. The van der Waals surface area contributed by atoms with Gasteiger partial charge in [-0.1, -0.05) is 24.3 Å². The van der Waals surface area contributed by atoms with E-state index in [0.29, 0.717) is 17.4 Å². The summed E-state index contributed by atoms with van der Waals surface area (Å²) in [7, 11) is 0. The van der Waals surface area contributed by atoms with Crippen molar-refractivity contribution in [2.75, 3.05) is 13.2 Å². The zero-order chi connectivity index (χ0) is 19.2. The molecule has 1 aromatic heterocycles. The van der Waals surface area contributed by atoms with E-state index in [2.05, 4.69) is 15.8 Å². The predicted molar refractivity (Wildman–Crippen MR) is 103 cm³/mol. The van der Waals surface area contributed by atoms with Crippen LogP contribution in [0, 0.1) is 0 Å². The van der Waals surface area contributed by atoms with Crippen LogP contribution >= 0.6 is 12.2 Å². The summed E-state index contributed by atoms with van der Waals surface area (Å²) < 4.78 is 10.8. The molecule has 1 fully saturated rings. The van der Waals surface area contributed by atoms with Crippen molar-refractivity contribution >= 4 is 29.0 Å². The van der Waals surface area contributed by atoms with Gasteiger partial charge in [0.1, 0.15) is 17.5 Å². The summed E-state index contributed by atoms with van der Waals surface area (Å²) in [6.07, 6.45) is 2.35. The molecule has 2 N–H and O–H groups in total. The number of thiocarbonyl (C=S) groups is 1. The lowest BCUT2D eigenvalue weighted by molar-refractivity contribution is -0.257. The number of benzene rings is 1. The maximum atomic E-state index is 10.8. The number of carboxylic acids is 1. The molecule has 1 atom stereocenters. The van der Waals surface area contributed by atoms with Crippen LogP contribution in [0.25, 0.3) is 11.3 Å². The van der Waals surface area contributed by atoms with E-state index < -0.39 is 5.97 Å². The number of nitrogens with zero attached hydrogens (tertiary/aromatic N) is 1. The molecular formula is C19H20N3O4S-. The Labute approximate surface area is 162 Å². The molecule has 27 heavy (non-hydrogen) atoms. The van der Waals surface area contributed by atoms with Crippen LogP contribution in [0.2, 0.25) is 0 Å². The second-order valence-corrected chi connectivity index (χ2v) is 6.59. The first-order valence-corrected chi connectivity index (χ1v) is 9.05. The number of hydrazone groups is 1. The normalized spacial score (nSPS) is 16.9. The molecule has 2 aromatic rings. The minimum atomic E-state index is -1.34. The highest BCUT2D eigenvalue weighted by Gasteiger charge is 2.15. The quantitative estimate of drug-likeness (QED) is 0.443. The molecular weight excluding hydrogens is 366 g/mol. The van der Waals surface area contributed by atoms with Gasteiger partial charge < -0.3 is 24.4 Å². The van der Waals surface area contributed by atoms with E-state index in [1.54, 1.807) is 6.07 Å². The fourth-order valence-electron chi connectivity index (χ4n) is 2.73. The van der Waals surface area contributed by atoms with Crippen molar-refractivity contribution in [3.05, 3.63) is 47.7 Å². The zero-order valence-corrected chi connectivity index (χ0v) is 15.7. The number of ether oxygens (including phenoxy) is 1. The number of carbonyl (C=O) groups excluding carboxylic acids is 1. The number of hydrogen-bond donors (Lipinski definition) is 2. The molecule has 2 heterocycles.